The van der Waals surface area contributed by atoms with Crippen molar-refractivity contribution in [3.63, 3.8) is 0 Å². The number of hydrogen-bond donors (Lipinski definition) is 2. The lowest BCUT2D eigenvalue weighted by Gasteiger charge is -2.36. The van der Waals surface area contributed by atoms with E-state index in [-0.39, 0.29) is 5.60 Å². The molecule has 0 saturated carbocycles. The molecule has 1 aliphatic rings. The fraction of sp³-hybridized carbons (Fsp3) is 0.667. The summed E-state index contributed by atoms with van der Waals surface area (Å²) in [4.78, 5) is 4.23. The van der Waals surface area contributed by atoms with Gasteiger partial charge in [-0.2, -0.15) is 0 Å². The van der Waals surface area contributed by atoms with Gasteiger partial charge in [0.25, 0.3) is 0 Å². The average Bonchev–Trinajstić information content (AvgIpc) is 3.05. The van der Waals surface area contributed by atoms with Crippen molar-refractivity contribution < 1.29 is 13.9 Å². The van der Waals surface area contributed by atoms with Crippen LogP contribution in [0.2, 0.25) is 0 Å². The van der Waals surface area contributed by atoms with E-state index in [1.54, 1.807) is 20.4 Å². The van der Waals surface area contributed by atoms with Crippen LogP contribution in [-0.4, -0.2) is 52.0 Å². The van der Waals surface area contributed by atoms with Crippen molar-refractivity contribution in [1.82, 2.24) is 10.6 Å². The van der Waals surface area contributed by atoms with Crippen LogP contribution in [0.15, 0.2) is 27.8 Å². The van der Waals surface area contributed by atoms with E-state index in [0.29, 0.717) is 0 Å². The van der Waals surface area contributed by atoms with E-state index in [1.807, 2.05) is 12.1 Å². The SMILES string of the molecule is CN=C(NCCc1ccco1)NCC1(OC)CCOCC1. The minimum atomic E-state index is -0.156. The molecule has 0 aromatic carbocycles. The Kier molecular flexibility index (Phi) is 6.07. The minimum Gasteiger partial charge on any atom is -0.469 e. The molecule has 2 N–H and O–H groups in total. The molecule has 6 nitrogen and oxygen atoms in total. The molecule has 6 heteroatoms. The maximum atomic E-state index is 5.70. The molecule has 1 aromatic rings. The molecule has 0 amide bonds. The van der Waals surface area contributed by atoms with Gasteiger partial charge in [0, 0.05) is 59.7 Å². The van der Waals surface area contributed by atoms with Crippen molar-refractivity contribution in [2.75, 3.05) is 40.5 Å². The van der Waals surface area contributed by atoms with Crippen LogP contribution in [0, 0.1) is 0 Å². The summed E-state index contributed by atoms with van der Waals surface area (Å²) in [5.41, 5.74) is -0.156. The lowest BCUT2D eigenvalue weighted by Crippen LogP contribution is -2.51. The highest BCUT2D eigenvalue weighted by atomic mass is 16.5. The summed E-state index contributed by atoms with van der Waals surface area (Å²) >= 11 is 0. The molecule has 1 fully saturated rings. The molecule has 1 saturated heterocycles. The fourth-order valence-electron chi connectivity index (χ4n) is 2.42. The molecule has 0 unspecified atom stereocenters. The Morgan fingerprint density at radius 2 is 2.19 bits per heavy atom. The van der Waals surface area contributed by atoms with Crippen LogP contribution in [-0.2, 0) is 15.9 Å². The summed E-state index contributed by atoms with van der Waals surface area (Å²) in [6.45, 7) is 3.00. The Morgan fingerprint density at radius 3 is 2.81 bits per heavy atom. The first-order chi connectivity index (χ1) is 10.3. The Hall–Kier alpha value is -1.53. The van der Waals surface area contributed by atoms with E-state index < -0.39 is 0 Å². The van der Waals surface area contributed by atoms with Crippen LogP contribution in [0.5, 0.6) is 0 Å². The van der Waals surface area contributed by atoms with Gasteiger partial charge in [-0.05, 0) is 12.1 Å². The number of methoxy groups -OCH3 is 1. The van der Waals surface area contributed by atoms with E-state index in [0.717, 1.165) is 57.3 Å². The second-order valence-corrected chi connectivity index (χ2v) is 5.18. The smallest absolute Gasteiger partial charge is 0.191 e. The third-order valence-corrected chi connectivity index (χ3v) is 3.88. The molecular formula is C15H25N3O3. The molecule has 0 spiro atoms. The van der Waals surface area contributed by atoms with E-state index in [4.69, 9.17) is 13.9 Å². The second-order valence-electron chi connectivity index (χ2n) is 5.18. The zero-order chi connectivity index (χ0) is 15.0. The molecule has 1 aliphatic heterocycles. The van der Waals surface area contributed by atoms with Crippen LogP contribution < -0.4 is 10.6 Å². The van der Waals surface area contributed by atoms with E-state index >= 15 is 0 Å². The first-order valence-corrected chi connectivity index (χ1v) is 7.38. The van der Waals surface area contributed by atoms with Gasteiger partial charge in [0.2, 0.25) is 0 Å². The van der Waals surface area contributed by atoms with Crippen molar-refractivity contribution in [3.8, 4) is 0 Å². The lowest BCUT2D eigenvalue weighted by molar-refractivity contribution is -0.0855. The van der Waals surface area contributed by atoms with Crippen molar-refractivity contribution >= 4 is 5.96 Å². The van der Waals surface area contributed by atoms with Crippen LogP contribution in [0.25, 0.3) is 0 Å². The predicted octanol–water partition coefficient (Wildman–Crippen LogP) is 1.18. The maximum absolute atomic E-state index is 5.70. The largest absolute Gasteiger partial charge is 0.469 e. The fourth-order valence-corrected chi connectivity index (χ4v) is 2.42. The normalized spacial score (nSPS) is 18.5. The molecule has 0 atom stereocenters. The summed E-state index contributed by atoms with van der Waals surface area (Å²) < 4.78 is 16.4. The van der Waals surface area contributed by atoms with Gasteiger partial charge in [0.05, 0.1) is 11.9 Å². The highest BCUT2D eigenvalue weighted by molar-refractivity contribution is 5.79. The zero-order valence-corrected chi connectivity index (χ0v) is 12.9. The third kappa shape index (κ3) is 4.75. The molecule has 0 radical (unpaired) electrons. The van der Waals surface area contributed by atoms with E-state index in [1.165, 1.54) is 0 Å². The first-order valence-electron chi connectivity index (χ1n) is 7.38. The summed E-state index contributed by atoms with van der Waals surface area (Å²) in [7, 11) is 3.53. The van der Waals surface area contributed by atoms with Crippen LogP contribution in [0.4, 0.5) is 0 Å². The van der Waals surface area contributed by atoms with Crippen LogP contribution in [0.3, 0.4) is 0 Å². The molecule has 0 bridgehead atoms. The number of aliphatic imine (C=N–C) groups is 1. The van der Waals surface area contributed by atoms with Crippen molar-refractivity contribution in [2.24, 2.45) is 4.99 Å². The third-order valence-electron chi connectivity index (χ3n) is 3.88. The van der Waals surface area contributed by atoms with Gasteiger partial charge in [0.15, 0.2) is 5.96 Å². The quantitative estimate of drug-likeness (QED) is 0.609. The van der Waals surface area contributed by atoms with Gasteiger partial charge < -0.3 is 24.5 Å². The van der Waals surface area contributed by atoms with Crippen molar-refractivity contribution in [3.05, 3.63) is 24.2 Å². The minimum absolute atomic E-state index is 0.156. The number of hydrogen-bond acceptors (Lipinski definition) is 4. The van der Waals surface area contributed by atoms with Gasteiger partial charge in [-0.1, -0.05) is 0 Å². The van der Waals surface area contributed by atoms with Crippen LogP contribution >= 0.6 is 0 Å². The molecular weight excluding hydrogens is 270 g/mol. The summed E-state index contributed by atoms with van der Waals surface area (Å²) in [6, 6.07) is 3.87. The summed E-state index contributed by atoms with van der Waals surface area (Å²) in [5.74, 6) is 1.75. The van der Waals surface area contributed by atoms with E-state index in [9.17, 15) is 0 Å². The second kappa shape index (κ2) is 8.05. The topological polar surface area (TPSA) is 68.0 Å². The lowest BCUT2D eigenvalue weighted by atomic mass is 9.94. The standard InChI is InChI=1S/C15H25N3O3/c1-16-14(17-8-5-13-4-3-9-21-13)18-12-15(19-2)6-10-20-11-7-15/h3-4,9H,5-8,10-12H2,1-2H3,(H2,16,17,18). The van der Waals surface area contributed by atoms with Crippen LogP contribution in [0.1, 0.15) is 18.6 Å². The van der Waals surface area contributed by atoms with Gasteiger partial charge in [0.1, 0.15) is 5.76 Å². The maximum Gasteiger partial charge on any atom is 0.191 e. The number of ether oxygens (including phenoxy) is 2. The van der Waals surface area contributed by atoms with Crippen molar-refractivity contribution in [2.45, 2.75) is 24.9 Å². The highest BCUT2D eigenvalue weighted by Gasteiger charge is 2.32. The molecule has 21 heavy (non-hydrogen) atoms. The van der Waals surface area contributed by atoms with Gasteiger partial charge >= 0.3 is 0 Å². The predicted molar refractivity (Wildman–Crippen MR) is 81.6 cm³/mol. The number of guanidine groups is 1. The highest BCUT2D eigenvalue weighted by Crippen LogP contribution is 2.23. The number of rotatable bonds is 6. The molecule has 2 heterocycles. The zero-order valence-electron chi connectivity index (χ0n) is 12.9. The Balaban J connectivity index is 1.74. The monoisotopic (exact) mass is 295 g/mol. The first kappa shape index (κ1) is 15.9. The number of nitrogens with zero attached hydrogens (tertiary/aromatic N) is 1. The molecule has 1 aromatic heterocycles. The molecule has 118 valence electrons. The Bertz CT molecular complexity index is 425. The summed E-state index contributed by atoms with van der Waals surface area (Å²) in [5, 5.41) is 6.62. The van der Waals surface area contributed by atoms with Gasteiger partial charge in [-0.3, -0.25) is 4.99 Å². The van der Waals surface area contributed by atoms with Gasteiger partial charge in [-0.15, -0.1) is 0 Å². The Labute approximate surface area is 125 Å². The van der Waals surface area contributed by atoms with Gasteiger partial charge in [-0.25, -0.2) is 0 Å². The number of nitrogens with one attached hydrogen (secondary N) is 2. The average molecular weight is 295 g/mol. The van der Waals surface area contributed by atoms with Crippen molar-refractivity contribution in [1.29, 1.82) is 0 Å². The van der Waals surface area contributed by atoms with E-state index in [2.05, 4.69) is 15.6 Å². The Morgan fingerprint density at radius 1 is 1.38 bits per heavy atom. The summed E-state index contributed by atoms with van der Waals surface area (Å²) in [6.07, 6.45) is 4.33. The molecule has 0 aliphatic carbocycles. The number of furan rings is 1. The molecule has 2 rings (SSSR count).